The van der Waals surface area contributed by atoms with Crippen molar-refractivity contribution in [1.29, 1.82) is 5.26 Å². The molecule has 0 unspecified atom stereocenters. The molecule has 0 spiro atoms. The van der Waals surface area contributed by atoms with Gasteiger partial charge in [0.25, 0.3) is 0 Å². The molecule has 1 aromatic rings. The fraction of sp³-hybridized carbons (Fsp3) is 0.111. The number of aliphatic imine (C=N–C) groups is 1. The van der Waals surface area contributed by atoms with Crippen LogP contribution in [0.2, 0.25) is 0 Å². The van der Waals surface area contributed by atoms with Gasteiger partial charge in [-0.25, -0.2) is 4.39 Å². The highest BCUT2D eigenvalue weighted by Gasteiger charge is 2.11. The second kappa shape index (κ2) is 4.87. The van der Waals surface area contributed by atoms with E-state index in [1.807, 2.05) is 6.07 Å². The summed E-state index contributed by atoms with van der Waals surface area (Å²) >= 11 is 5.55. The van der Waals surface area contributed by atoms with E-state index in [0.717, 1.165) is 0 Å². The lowest BCUT2D eigenvalue weighted by Crippen LogP contribution is -1.87. The van der Waals surface area contributed by atoms with E-state index in [4.69, 9.17) is 5.26 Å². The Balaban J connectivity index is 3.43. The lowest BCUT2D eigenvalue weighted by molar-refractivity contribution is 0.603. The summed E-state index contributed by atoms with van der Waals surface area (Å²) in [5.74, 6) is -0.520. The van der Waals surface area contributed by atoms with Gasteiger partial charge < -0.3 is 0 Å². The van der Waals surface area contributed by atoms with Gasteiger partial charge in [0.1, 0.15) is 11.8 Å². The maximum atomic E-state index is 13.6. The molecular weight excluding hydrogens is 219 g/mol. The first-order valence-corrected chi connectivity index (χ1v) is 5.22. The number of benzene rings is 1. The summed E-state index contributed by atoms with van der Waals surface area (Å²) in [7, 11) is 0. The van der Waals surface area contributed by atoms with E-state index in [-0.39, 0.29) is 5.69 Å². The third-order valence-corrected chi connectivity index (χ3v) is 2.47. The fourth-order valence-electron chi connectivity index (χ4n) is 0.969. The summed E-state index contributed by atoms with van der Waals surface area (Å²) in [6.07, 6.45) is 1.70. The van der Waals surface area contributed by atoms with Crippen molar-refractivity contribution in [2.24, 2.45) is 4.99 Å². The van der Waals surface area contributed by atoms with Crippen LogP contribution in [0.15, 0.2) is 22.0 Å². The van der Waals surface area contributed by atoms with Crippen LogP contribution in [-0.2, 0) is 0 Å². The van der Waals surface area contributed by atoms with Crippen LogP contribution in [0, 0.1) is 17.1 Å². The first-order valence-electron chi connectivity index (χ1n) is 3.59. The predicted molar refractivity (Wildman–Crippen MR) is 57.6 cm³/mol. The molecule has 0 saturated heterocycles. The number of hydrogen-bond acceptors (Lipinski definition) is 4. The standard InChI is InChI=1S/C9H5FN2S2/c1-14-9-6(4-11)2-3-7(8(9)10)12-5-13/h2-3H,1H3. The number of nitriles is 1. The van der Waals surface area contributed by atoms with Gasteiger partial charge in [-0.1, -0.05) is 0 Å². The molecule has 0 aliphatic heterocycles. The number of isothiocyanates is 1. The molecule has 0 fully saturated rings. The SMILES string of the molecule is CSc1c(C#N)ccc(N=C=S)c1F. The zero-order valence-corrected chi connectivity index (χ0v) is 8.88. The van der Waals surface area contributed by atoms with Gasteiger partial charge in [-0.15, -0.1) is 11.8 Å². The normalized spacial score (nSPS) is 8.93. The number of thiocarbonyl (C=S) groups is 1. The lowest BCUT2D eigenvalue weighted by atomic mass is 10.2. The topological polar surface area (TPSA) is 36.1 Å². The van der Waals surface area contributed by atoms with Crippen LogP contribution in [-0.4, -0.2) is 11.4 Å². The highest BCUT2D eigenvalue weighted by Crippen LogP contribution is 2.30. The van der Waals surface area contributed by atoms with Gasteiger partial charge in [-0.3, -0.25) is 0 Å². The summed E-state index contributed by atoms with van der Waals surface area (Å²) in [6.45, 7) is 0. The van der Waals surface area contributed by atoms with Gasteiger partial charge in [-0.2, -0.15) is 10.3 Å². The van der Waals surface area contributed by atoms with Gasteiger partial charge in [0.15, 0.2) is 5.82 Å². The Labute approximate surface area is 90.5 Å². The minimum atomic E-state index is -0.520. The van der Waals surface area contributed by atoms with E-state index in [0.29, 0.717) is 10.5 Å². The van der Waals surface area contributed by atoms with E-state index in [1.54, 1.807) is 6.26 Å². The number of halogens is 1. The third kappa shape index (κ3) is 1.99. The van der Waals surface area contributed by atoms with E-state index in [1.165, 1.54) is 23.9 Å². The summed E-state index contributed by atoms with van der Waals surface area (Å²) in [5, 5.41) is 10.8. The Hall–Kier alpha value is -1.21. The van der Waals surface area contributed by atoms with Crippen LogP contribution in [0.25, 0.3) is 0 Å². The van der Waals surface area contributed by atoms with Crippen molar-refractivity contribution in [3.05, 3.63) is 23.5 Å². The Bertz CT molecular complexity index is 445. The molecular formula is C9H5FN2S2. The molecule has 0 aromatic heterocycles. The fourth-order valence-corrected chi connectivity index (χ4v) is 1.68. The van der Waals surface area contributed by atoms with E-state index >= 15 is 0 Å². The Kier molecular flexibility index (Phi) is 3.78. The van der Waals surface area contributed by atoms with Gasteiger partial charge in [0.05, 0.1) is 15.6 Å². The zero-order chi connectivity index (χ0) is 10.6. The molecule has 70 valence electrons. The Morgan fingerprint density at radius 1 is 1.57 bits per heavy atom. The summed E-state index contributed by atoms with van der Waals surface area (Å²) < 4.78 is 13.6. The van der Waals surface area contributed by atoms with Crippen molar-refractivity contribution in [2.45, 2.75) is 4.90 Å². The van der Waals surface area contributed by atoms with Crippen molar-refractivity contribution >= 4 is 34.8 Å². The van der Waals surface area contributed by atoms with Crippen molar-refractivity contribution in [3.63, 3.8) is 0 Å². The summed E-state index contributed by atoms with van der Waals surface area (Å²) in [4.78, 5) is 3.85. The van der Waals surface area contributed by atoms with Crippen LogP contribution < -0.4 is 0 Å². The summed E-state index contributed by atoms with van der Waals surface area (Å²) in [5.41, 5.74) is 0.418. The highest BCUT2D eigenvalue weighted by molar-refractivity contribution is 7.98. The van der Waals surface area contributed by atoms with Gasteiger partial charge in [-0.05, 0) is 30.6 Å². The second-order valence-electron chi connectivity index (χ2n) is 2.29. The first-order chi connectivity index (χ1) is 6.74. The predicted octanol–water partition coefficient (Wildman–Crippen LogP) is 3.15. The number of rotatable bonds is 2. The minimum Gasteiger partial charge on any atom is -0.203 e. The van der Waals surface area contributed by atoms with Crippen molar-refractivity contribution in [3.8, 4) is 6.07 Å². The molecule has 2 nitrogen and oxygen atoms in total. The average molecular weight is 224 g/mol. The van der Waals surface area contributed by atoms with E-state index in [2.05, 4.69) is 22.4 Å². The third-order valence-electron chi connectivity index (χ3n) is 1.57. The van der Waals surface area contributed by atoms with Crippen LogP contribution >= 0.6 is 24.0 Å². The maximum absolute atomic E-state index is 13.6. The van der Waals surface area contributed by atoms with Crippen molar-refractivity contribution < 1.29 is 4.39 Å². The molecule has 5 heteroatoms. The minimum absolute atomic E-state index is 0.114. The molecule has 0 bridgehead atoms. The number of hydrogen-bond donors (Lipinski definition) is 0. The van der Waals surface area contributed by atoms with Crippen LogP contribution in [0.1, 0.15) is 5.56 Å². The second-order valence-corrected chi connectivity index (χ2v) is 3.29. The molecule has 1 rings (SSSR count). The number of nitrogens with zero attached hydrogens (tertiary/aromatic N) is 2. The van der Waals surface area contributed by atoms with Crippen molar-refractivity contribution in [1.82, 2.24) is 0 Å². The Morgan fingerprint density at radius 3 is 2.79 bits per heavy atom. The van der Waals surface area contributed by atoms with Crippen LogP contribution in [0.4, 0.5) is 10.1 Å². The average Bonchev–Trinajstić information content (AvgIpc) is 2.21. The number of thioether (sulfide) groups is 1. The molecule has 0 saturated carbocycles. The van der Waals surface area contributed by atoms with Crippen LogP contribution in [0.3, 0.4) is 0 Å². The first kappa shape index (κ1) is 10.9. The molecule has 0 atom stereocenters. The molecule has 0 heterocycles. The smallest absolute Gasteiger partial charge is 0.164 e. The van der Waals surface area contributed by atoms with Gasteiger partial charge in [0, 0.05) is 0 Å². The largest absolute Gasteiger partial charge is 0.203 e. The van der Waals surface area contributed by atoms with Crippen molar-refractivity contribution in [2.75, 3.05) is 6.26 Å². The van der Waals surface area contributed by atoms with Gasteiger partial charge in [0.2, 0.25) is 0 Å². The zero-order valence-electron chi connectivity index (χ0n) is 7.24. The quantitative estimate of drug-likeness (QED) is 0.440. The molecule has 0 amide bonds. The van der Waals surface area contributed by atoms with E-state index in [9.17, 15) is 4.39 Å². The van der Waals surface area contributed by atoms with E-state index < -0.39 is 5.82 Å². The molecule has 1 aromatic carbocycles. The molecule has 0 radical (unpaired) electrons. The maximum Gasteiger partial charge on any atom is 0.164 e. The summed E-state index contributed by atoms with van der Waals surface area (Å²) in [6, 6.07) is 4.83. The van der Waals surface area contributed by atoms with Crippen LogP contribution in [0.5, 0.6) is 0 Å². The Morgan fingerprint density at radius 2 is 2.29 bits per heavy atom. The monoisotopic (exact) mass is 224 g/mol. The lowest BCUT2D eigenvalue weighted by Gasteiger charge is -2.03. The van der Waals surface area contributed by atoms with Gasteiger partial charge >= 0.3 is 0 Å². The molecule has 0 N–H and O–H groups in total. The molecule has 0 aliphatic carbocycles. The molecule has 0 aliphatic rings. The molecule has 14 heavy (non-hydrogen) atoms. The highest BCUT2D eigenvalue weighted by atomic mass is 32.2.